The molecule has 224 valence electrons. The highest BCUT2D eigenvalue weighted by molar-refractivity contribution is 7.98. The van der Waals surface area contributed by atoms with E-state index in [2.05, 4.69) is 46.9 Å². The summed E-state index contributed by atoms with van der Waals surface area (Å²) in [5.74, 6) is 3.06. The third kappa shape index (κ3) is 5.48. The summed E-state index contributed by atoms with van der Waals surface area (Å²) in [6, 6.07) is 12.5. The standard InChI is InChI=1S/C35H43ClN2O3S/c1-22-5-3-7-31(40-2)28-13-10-26(28)19-38-20-35(16-4-6-24-17-27(36)12-14-29(24)35)21-41-32-15-11-25(18-30(32)38)34(39)37-42-33(22)23-8-9-23/h3,7,11-12,14-15,17-18,22-23,26,28,31,33H,4-6,8-10,13,16,19-21H2,1-2H3,(H,37,39)/b7-3-/t22-,26-,28+,31-,33+,35-/m0/s1. The van der Waals surface area contributed by atoms with Crippen LogP contribution in [-0.2, 0) is 16.6 Å². The molecule has 5 nitrogen and oxygen atoms in total. The van der Waals surface area contributed by atoms with Crippen molar-refractivity contribution in [1.29, 1.82) is 0 Å². The summed E-state index contributed by atoms with van der Waals surface area (Å²) in [7, 11) is 1.87. The molecule has 2 aromatic carbocycles. The smallest absolute Gasteiger partial charge is 0.261 e. The van der Waals surface area contributed by atoms with E-state index in [0.717, 1.165) is 55.2 Å². The molecule has 2 heterocycles. The summed E-state index contributed by atoms with van der Waals surface area (Å²) in [4.78, 5) is 16.1. The number of hydrogen-bond donors (Lipinski definition) is 1. The van der Waals surface area contributed by atoms with Crippen LogP contribution in [0.1, 0.15) is 73.4 Å². The van der Waals surface area contributed by atoms with Crippen LogP contribution in [0.3, 0.4) is 0 Å². The minimum atomic E-state index is -0.121. The number of fused-ring (bicyclic) bond motifs is 4. The lowest BCUT2D eigenvalue weighted by Gasteiger charge is -2.46. The first-order valence-electron chi connectivity index (χ1n) is 15.9. The van der Waals surface area contributed by atoms with Gasteiger partial charge in [-0.05, 0) is 128 Å². The van der Waals surface area contributed by atoms with Gasteiger partial charge in [0, 0.05) is 41.5 Å². The highest BCUT2D eigenvalue weighted by Crippen LogP contribution is 2.47. The zero-order valence-electron chi connectivity index (χ0n) is 24.8. The molecule has 7 heteroatoms. The van der Waals surface area contributed by atoms with Crippen molar-refractivity contribution in [2.45, 2.75) is 75.1 Å². The molecule has 2 fully saturated rings. The number of ether oxygens (including phenoxy) is 2. The molecule has 1 amide bonds. The summed E-state index contributed by atoms with van der Waals surface area (Å²) >= 11 is 8.08. The molecule has 1 N–H and O–H groups in total. The summed E-state index contributed by atoms with van der Waals surface area (Å²) in [6.07, 6.45) is 14.0. The van der Waals surface area contributed by atoms with E-state index in [-0.39, 0.29) is 17.4 Å². The van der Waals surface area contributed by atoms with Gasteiger partial charge in [-0.2, -0.15) is 0 Å². The van der Waals surface area contributed by atoms with Crippen molar-refractivity contribution < 1.29 is 14.3 Å². The van der Waals surface area contributed by atoms with Crippen LogP contribution >= 0.6 is 23.5 Å². The Kier molecular flexibility index (Phi) is 8.00. The average molecular weight is 607 g/mol. The number of benzene rings is 2. The lowest BCUT2D eigenvalue weighted by atomic mass is 9.68. The number of halogens is 1. The van der Waals surface area contributed by atoms with E-state index in [1.807, 2.05) is 25.3 Å². The van der Waals surface area contributed by atoms with Gasteiger partial charge in [-0.3, -0.25) is 9.52 Å². The number of amides is 1. The van der Waals surface area contributed by atoms with E-state index in [0.29, 0.717) is 41.1 Å². The Balaban J connectivity index is 1.26. The molecule has 0 saturated heterocycles. The molecule has 0 aromatic heterocycles. The van der Waals surface area contributed by atoms with Crippen LogP contribution < -0.4 is 14.4 Å². The Hall–Kier alpha value is -2.15. The van der Waals surface area contributed by atoms with Crippen molar-refractivity contribution in [1.82, 2.24) is 4.72 Å². The van der Waals surface area contributed by atoms with Crippen molar-refractivity contribution in [3.63, 3.8) is 0 Å². The van der Waals surface area contributed by atoms with Crippen molar-refractivity contribution in [2.75, 3.05) is 31.7 Å². The molecule has 2 aromatic rings. The second-order valence-corrected chi connectivity index (χ2v) is 14.9. The number of rotatable bonds is 2. The van der Waals surface area contributed by atoms with Crippen molar-refractivity contribution in [3.8, 4) is 5.75 Å². The molecule has 3 aliphatic carbocycles. The van der Waals surface area contributed by atoms with Gasteiger partial charge in [0.05, 0.1) is 18.4 Å². The molecule has 5 aliphatic rings. The number of carbonyl (C=O) groups is 1. The molecule has 1 spiro atoms. The third-order valence-corrected chi connectivity index (χ3v) is 12.4. The number of hydrogen-bond acceptors (Lipinski definition) is 5. The fourth-order valence-corrected chi connectivity index (χ4v) is 9.40. The molecule has 2 saturated carbocycles. The fourth-order valence-electron chi connectivity index (χ4n) is 8.03. The number of carbonyl (C=O) groups excluding carboxylic acids is 1. The third-order valence-electron chi connectivity index (χ3n) is 10.7. The van der Waals surface area contributed by atoms with Crippen molar-refractivity contribution in [2.24, 2.45) is 23.7 Å². The first-order valence-corrected chi connectivity index (χ1v) is 17.2. The Morgan fingerprint density at radius 2 is 1.98 bits per heavy atom. The van der Waals surface area contributed by atoms with E-state index in [1.165, 1.54) is 36.8 Å². The zero-order chi connectivity index (χ0) is 28.8. The van der Waals surface area contributed by atoms with Gasteiger partial charge in [0.1, 0.15) is 5.75 Å². The Labute approximate surface area is 259 Å². The highest BCUT2D eigenvalue weighted by Gasteiger charge is 2.44. The Morgan fingerprint density at radius 1 is 1.12 bits per heavy atom. The zero-order valence-corrected chi connectivity index (χ0v) is 26.4. The van der Waals surface area contributed by atoms with Crippen LogP contribution in [0.4, 0.5) is 5.69 Å². The SMILES string of the molecule is CO[C@H]1/C=C\C[C@H](C)[C@H](C2CC2)SNC(=O)c2ccc3c(c2)N(C[C@@H]2CC[C@H]21)C[C@@]1(CCCc2cc(Cl)ccc21)CO3. The summed E-state index contributed by atoms with van der Waals surface area (Å²) < 4.78 is 16.0. The fraction of sp³-hybridized carbons (Fsp3) is 0.571. The molecule has 2 bridgehead atoms. The summed E-state index contributed by atoms with van der Waals surface area (Å²) in [6.45, 7) is 4.76. The second kappa shape index (κ2) is 11.7. The van der Waals surface area contributed by atoms with Gasteiger partial charge in [0.25, 0.3) is 5.91 Å². The number of nitrogens with zero attached hydrogens (tertiary/aromatic N) is 1. The average Bonchev–Trinajstić information content (AvgIpc) is 3.82. The molecule has 0 radical (unpaired) electrons. The molecule has 0 unspecified atom stereocenters. The minimum absolute atomic E-state index is 0.0131. The monoisotopic (exact) mass is 606 g/mol. The van der Waals surface area contributed by atoms with Crippen LogP contribution in [0.25, 0.3) is 0 Å². The van der Waals surface area contributed by atoms with E-state index in [4.69, 9.17) is 21.1 Å². The van der Waals surface area contributed by atoms with E-state index >= 15 is 0 Å². The molecular formula is C35H43ClN2O3S. The van der Waals surface area contributed by atoms with Crippen molar-refractivity contribution >= 4 is 35.1 Å². The van der Waals surface area contributed by atoms with Gasteiger partial charge < -0.3 is 14.4 Å². The lowest BCUT2D eigenvalue weighted by molar-refractivity contribution is 0.0131. The molecule has 7 rings (SSSR count). The van der Waals surface area contributed by atoms with Crippen molar-refractivity contribution in [3.05, 3.63) is 70.3 Å². The van der Waals surface area contributed by atoms with Gasteiger partial charge in [-0.15, -0.1) is 0 Å². The first-order chi connectivity index (χ1) is 20.4. The van der Waals surface area contributed by atoms with Gasteiger partial charge in [-0.1, -0.05) is 36.7 Å². The largest absolute Gasteiger partial charge is 0.490 e. The Morgan fingerprint density at radius 3 is 2.76 bits per heavy atom. The van der Waals surface area contributed by atoms with E-state index in [1.54, 1.807) is 11.9 Å². The predicted octanol–water partition coefficient (Wildman–Crippen LogP) is 7.61. The van der Waals surface area contributed by atoms with Gasteiger partial charge in [0.2, 0.25) is 0 Å². The second-order valence-electron chi connectivity index (χ2n) is 13.5. The predicted molar refractivity (Wildman–Crippen MR) is 172 cm³/mol. The first kappa shape index (κ1) is 28.6. The highest BCUT2D eigenvalue weighted by atomic mass is 35.5. The lowest BCUT2D eigenvalue weighted by Crippen LogP contribution is -2.49. The topological polar surface area (TPSA) is 50.8 Å². The van der Waals surface area contributed by atoms with Gasteiger partial charge in [0.15, 0.2) is 0 Å². The van der Waals surface area contributed by atoms with E-state index in [9.17, 15) is 4.79 Å². The maximum absolute atomic E-state index is 13.5. The number of aryl methyl sites for hydroxylation is 1. The van der Waals surface area contributed by atoms with Crippen LogP contribution in [0, 0.1) is 23.7 Å². The maximum atomic E-state index is 13.5. The normalized spacial score (nSPS) is 33.8. The van der Waals surface area contributed by atoms with Crippen LogP contribution in [0.2, 0.25) is 5.02 Å². The van der Waals surface area contributed by atoms with Gasteiger partial charge >= 0.3 is 0 Å². The van der Waals surface area contributed by atoms with Gasteiger partial charge in [-0.25, -0.2) is 0 Å². The number of nitrogens with one attached hydrogen (secondary N) is 1. The summed E-state index contributed by atoms with van der Waals surface area (Å²) in [5, 5.41) is 1.22. The van der Waals surface area contributed by atoms with Crippen LogP contribution in [0.5, 0.6) is 5.75 Å². The number of allylic oxidation sites excluding steroid dienone is 1. The maximum Gasteiger partial charge on any atom is 0.261 e. The molecule has 2 aliphatic heterocycles. The molecule has 42 heavy (non-hydrogen) atoms. The van der Waals surface area contributed by atoms with Crippen LogP contribution in [-0.4, -0.2) is 44.1 Å². The van der Waals surface area contributed by atoms with E-state index < -0.39 is 0 Å². The van der Waals surface area contributed by atoms with Crippen LogP contribution in [0.15, 0.2) is 48.6 Å². The number of anilines is 1. The quantitative estimate of drug-likeness (QED) is 0.282. The Bertz CT molecular complexity index is 1360. The minimum Gasteiger partial charge on any atom is -0.490 e. The summed E-state index contributed by atoms with van der Waals surface area (Å²) in [5.41, 5.74) is 4.34. The molecular weight excluding hydrogens is 564 g/mol. The molecule has 6 atom stereocenters. The number of methoxy groups -OCH3 is 1.